The number of para-hydroxylation sites is 1. The minimum Gasteiger partial charge on any atom is -0.494 e. The maximum Gasteiger partial charge on any atom is 0.321 e. The minimum absolute atomic E-state index is 0.0251. The zero-order chi connectivity index (χ0) is 28.1. The van der Waals surface area contributed by atoms with Gasteiger partial charge in [0.15, 0.2) is 0 Å². The second kappa shape index (κ2) is 12.3. The van der Waals surface area contributed by atoms with Crippen LogP contribution in [0.2, 0.25) is 0 Å². The van der Waals surface area contributed by atoms with Crippen LogP contribution in [0.3, 0.4) is 0 Å². The summed E-state index contributed by atoms with van der Waals surface area (Å²) in [7, 11) is -3.90. The molecule has 1 unspecified atom stereocenters. The fourth-order valence-corrected chi connectivity index (χ4v) is 7.69. The van der Waals surface area contributed by atoms with Crippen LogP contribution >= 0.6 is 11.3 Å². The molecule has 3 heterocycles. The van der Waals surface area contributed by atoms with E-state index in [1.807, 2.05) is 37.3 Å². The van der Waals surface area contributed by atoms with Crippen molar-refractivity contribution in [3.05, 3.63) is 72.1 Å². The number of carbonyl (C=O) groups is 2. The summed E-state index contributed by atoms with van der Waals surface area (Å²) in [6.07, 6.45) is 0. The molecule has 1 N–H and O–H groups in total. The summed E-state index contributed by atoms with van der Waals surface area (Å²) < 4.78 is 34.0. The molecule has 40 heavy (non-hydrogen) atoms. The van der Waals surface area contributed by atoms with E-state index in [1.165, 1.54) is 9.21 Å². The number of anilines is 2. The van der Waals surface area contributed by atoms with Crippen LogP contribution in [0.15, 0.2) is 76.3 Å². The number of amides is 3. The number of thiophene rings is 1. The standard InChI is InChI=1S/C28H33N5O5S2/c1-2-38-24-12-10-22(11-13-24)29-28(35)32-18-19-33(40(36,37)26-9-6-20-39-26)25(21-32)27(34)31-16-14-30(15-17-31)23-7-4-3-5-8-23/h3-13,20,25H,2,14-19,21H2,1H3,(H,29,35). The Balaban J connectivity index is 1.31. The Labute approximate surface area is 238 Å². The van der Waals surface area contributed by atoms with Crippen molar-refractivity contribution < 1.29 is 22.7 Å². The van der Waals surface area contributed by atoms with E-state index in [0.717, 1.165) is 17.0 Å². The van der Waals surface area contributed by atoms with Crippen LogP contribution in [-0.2, 0) is 14.8 Å². The van der Waals surface area contributed by atoms with E-state index in [9.17, 15) is 18.0 Å². The molecule has 2 aromatic carbocycles. The lowest BCUT2D eigenvalue weighted by Gasteiger charge is -2.43. The van der Waals surface area contributed by atoms with E-state index < -0.39 is 16.1 Å². The van der Waals surface area contributed by atoms with E-state index in [-0.39, 0.29) is 35.8 Å². The number of hydrogen-bond donors (Lipinski definition) is 1. The predicted octanol–water partition coefficient (Wildman–Crippen LogP) is 3.40. The second-order valence-corrected chi connectivity index (χ2v) is 12.6. The SMILES string of the molecule is CCOc1ccc(NC(=O)N2CCN(S(=O)(=O)c3cccs3)C(C(=O)N3CCN(c4ccccc4)CC3)C2)cc1. The number of hydrogen-bond acceptors (Lipinski definition) is 7. The molecular formula is C28H33N5O5S2. The lowest BCUT2D eigenvalue weighted by atomic mass is 10.1. The van der Waals surface area contributed by atoms with Gasteiger partial charge in [-0.25, -0.2) is 13.2 Å². The Kier molecular flexibility index (Phi) is 8.57. The maximum absolute atomic E-state index is 13.9. The summed E-state index contributed by atoms with van der Waals surface area (Å²) in [6, 6.07) is 18.9. The fourth-order valence-electron chi connectivity index (χ4n) is 5.00. The zero-order valence-corrected chi connectivity index (χ0v) is 23.9. The molecule has 2 aliphatic heterocycles. The number of ether oxygens (including phenoxy) is 1. The molecule has 3 amide bonds. The summed E-state index contributed by atoms with van der Waals surface area (Å²) in [5, 5.41) is 4.56. The van der Waals surface area contributed by atoms with Crippen LogP contribution in [0.1, 0.15) is 6.92 Å². The summed E-state index contributed by atoms with van der Waals surface area (Å²) in [5.41, 5.74) is 1.67. The van der Waals surface area contributed by atoms with Gasteiger partial charge in [0, 0.05) is 57.2 Å². The molecule has 5 rings (SSSR count). The molecule has 3 aromatic rings. The van der Waals surface area contributed by atoms with Crippen molar-refractivity contribution in [3.8, 4) is 5.75 Å². The maximum atomic E-state index is 13.9. The fraction of sp³-hybridized carbons (Fsp3) is 0.357. The molecule has 1 aromatic heterocycles. The third-order valence-electron chi connectivity index (χ3n) is 7.09. The molecule has 0 aliphatic carbocycles. The van der Waals surface area contributed by atoms with Gasteiger partial charge in [-0.05, 0) is 54.8 Å². The van der Waals surface area contributed by atoms with Crippen molar-refractivity contribution in [3.63, 3.8) is 0 Å². The zero-order valence-electron chi connectivity index (χ0n) is 22.3. The third-order valence-corrected chi connectivity index (χ3v) is 10.4. The first-order valence-electron chi connectivity index (χ1n) is 13.3. The number of benzene rings is 2. The Morgan fingerprint density at radius 3 is 2.25 bits per heavy atom. The summed E-state index contributed by atoms with van der Waals surface area (Å²) in [4.78, 5) is 32.5. The van der Waals surface area contributed by atoms with Gasteiger partial charge in [0.25, 0.3) is 10.0 Å². The normalized spacial score (nSPS) is 18.4. The number of sulfonamides is 1. The van der Waals surface area contributed by atoms with E-state index in [4.69, 9.17) is 4.74 Å². The molecule has 1 atom stereocenters. The Bertz CT molecular complexity index is 1390. The summed E-state index contributed by atoms with van der Waals surface area (Å²) in [5.74, 6) is 0.414. The van der Waals surface area contributed by atoms with Gasteiger partial charge in [-0.3, -0.25) is 4.79 Å². The molecule has 2 saturated heterocycles. The van der Waals surface area contributed by atoms with Gasteiger partial charge in [0.2, 0.25) is 5.91 Å². The van der Waals surface area contributed by atoms with E-state index >= 15 is 0 Å². The topological polar surface area (TPSA) is 102 Å². The van der Waals surface area contributed by atoms with Crippen molar-refractivity contribution in [1.29, 1.82) is 0 Å². The molecule has 2 fully saturated rings. The first-order chi connectivity index (χ1) is 19.4. The monoisotopic (exact) mass is 583 g/mol. The van der Waals surface area contributed by atoms with Crippen molar-refractivity contribution in [1.82, 2.24) is 14.1 Å². The quantitative estimate of drug-likeness (QED) is 0.458. The van der Waals surface area contributed by atoms with Gasteiger partial charge in [0.05, 0.1) is 6.61 Å². The highest BCUT2D eigenvalue weighted by atomic mass is 32.2. The van der Waals surface area contributed by atoms with Crippen LogP contribution in [0, 0.1) is 0 Å². The number of nitrogens with zero attached hydrogens (tertiary/aromatic N) is 4. The highest BCUT2D eigenvalue weighted by Crippen LogP contribution is 2.27. The molecule has 0 bridgehead atoms. The highest BCUT2D eigenvalue weighted by Gasteiger charge is 2.43. The van der Waals surface area contributed by atoms with Gasteiger partial charge in [-0.2, -0.15) is 4.31 Å². The lowest BCUT2D eigenvalue weighted by molar-refractivity contribution is -0.137. The summed E-state index contributed by atoms with van der Waals surface area (Å²) in [6.45, 7) is 4.81. The lowest BCUT2D eigenvalue weighted by Crippen LogP contribution is -2.63. The number of urea groups is 1. The van der Waals surface area contributed by atoms with Crippen molar-refractivity contribution in [2.24, 2.45) is 0 Å². The van der Waals surface area contributed by atoms with Crippen LogP contribution < -0.4 is 15.0 Å². The molecule has 0 spiro atoms. The van der Waals surface area contributed by atoms with E-state index in [2.05, 4.69) is 10.2 Å². The molecular weight excluding hydrogens is 550 g/mol. The van der Waals surface area contributed by atoms with Gasteiger partial charge < -0.3 is 24.8 Å². The number of rotatable bonds is 7. The van der Waals surface area contributed by atoms with Gasteiger partial charge in [-0.1, -0.05) is 24.3 Å². The molecule has 12 heteroatoms. The van der Waals surface area contributed by atoms with Crippen molar-refractivity contribution >= 4 is 44.7 Å². The number of nitrogens with one attached hydrogen (secondary N) is 1. The number of carbonyl (C=O) groups excluding carboxylic acids is 2. The first kappa shape index (κ1) is 27.9. The van der Waals surface area contributed by atoms with Crippen LogP contribution in [0.25, 0.3) is 0 Å². The van der Waals surface area contributed by atoms with Gasteiger partial charge in [-0.15, -0.1) is 11.3 Å². The smallest absolute Gasteiger partial charge is 0.321 e. The highest BCUT2D eigenvalue weighted by molar-refractivity contribution is 7.91. The first-order valence-corrected chi connectivity index (χ1v) is 15.6. The van der Waals surface area contributed by atoms with Gasteiger partial charge >= 0.3 is 6.03 Å². The minimum atomic E-state index is -3.90. The summed E-state index contributed by atoms with van der Waals surface area (Å²) >= 11 is 1.12. The molecule has 0 radical (unpaired) electrons. The van der Waals surface area contributed by atoms with Crippen molar-refractivity contribution in [2.75, 3.05) is 62.6 Å². The average molecular weight is 584 g/mol. The van der Waals surface area contributed by atoms with E-state index in [1.54, 1.807) is 46.7 Å². The number of piperazine rings is 2. The third kappa shape index (κ3) is 6.08. The molecule has 0 saturated carbocycles. The Morgan fingerprint density at radius 1 is 0.900 bits per heavy atom. The second-order valence-electron chi connectivity index (χ2n) is 9.55. The Morgan fingerprint density at radius 2 is 1.60 bits per heavy atom. The van der Waals surface area contributed by atoms with Crippen LogP contribution in [0.4, 0.5) is 16.2 Å². The van der Waals surface area contributed by atoms with Gasteiger partial charge in [0.1, 0.15) is 16.0 Å². The van der Waals surface area contributed by atoms with E-state index in [0.29, 0.717) is 44.2 Å². The predicted molar refractivity (Wildman–Crippen MR) is 155 cm³/mol. The largest absolute Gasteiger partial charge is 0.494 e. The molecule has 212 valence electrons. The molecule has 2 aliphatic rings. The Hall–Kier alpha value is -3.61. The van der Waals surface area contributed by atoms with Crippen LogP contribution in [0.5, 0.6) is 5.75 Å². The average Bonchev–Trinajstić information content (AvgIpc) is 3.55. The van der Waals surface area contributed by atoms with Crippen LogP contribution in [-0.4, -0.2) is 92.9 Å². The molecule has 10 nitrogen and oxygen atoms in total. The van der Waals surface area contributed by atoms with Crippen molar-refractivity contribution in [2.45, 2.75) is 17.2 Å².